The topological polar surface area (TPSA) is 57.7 Å². The average molecular weight is 449 g/mol. The molecule has 2 aliphatic heterocycles. The van der Waals surface area contributed by atoms with Crippen molar-refractivity contribution in [3.05, 3.63) is 46.1 Å². The van der Waals surface area contributed by atoms with Crippen LogP contribution in [0.5, 0.6) is 5.75 Å². The van der Waals surface area contributed by atoms with Gasteiger partial charge in [0.15, 0.2) is 0 Å². The number of hydrogen-bond acceptors (Lipinski definition) is 5. The molecule has 0 radical (unpaired) electrons. The SMILES string of the molecule is O=C1CCc2cc(OCCCCN3CCN(c4cccc(Cl)c4Cl)CC3)cnc2N1. The van der Waals surface area contributed by atoms with Crippen LogP contribution in [0.1, 0.15) is 24.8 Å². The third-order valence-electron chi connectivity index (χ3n) is 5.60. The molecule has 1 aromatic heterocycles. The molecule has 0 atom stereocenters. The van der Waals surface area contributed by atoms with E-state index in [4.69, 9.17) is 27.9 Å². The number of nitrogens with one attached hydrogen (secondary N) is 1. The van der Waals surface area contributed by atoms with Gasteiger partial charge in [-0.25, -0.2) is 4.98 Å². The van der Waals surface area contributed by atoms with Gasteiger partial charge in [0.25, 0.3) is 0 Å². The highest BCUT2D eigenvalue weighted by Crippen LogP contribution is 2.32. The molecule has 1 fully saturated rings. The van der Waals surface area contributed by atoms with E-state index < -0.39 is 0 Å². The number of nitrogens with zero attached hydrogens (tertiary/aromatic N) is 3. The number of benzene rings is 1. The lowest BCUT2D eigenvalue weighted by molar-refractivity contribution is -0.116. The Morgan fingerprint density at radius 2 is 1.93 bits per heavy atom. The van der Waals surface area contributed by atoms with Gasteiger partial charge >= 0.3 is 0 Å². The highest BCUT2D eigenvalue weighted by Gasteiger charge is 2.19. The standard InChI is InChI=1S/C22H26Cl2N4O2/c23-18-4-3-5-19(21(18)24)28-11-9-27(10-12-28)8-1-2-13-30-17-14-16-6-7-20(29)26-22(16)25-15-17/h3-5,14-15H,1-2,6-13H2,(H,25,26,29). The predicted octanol–water partition coefficient (Wildman–Crippen LogP) is 4.25. The number of fused-ring (bicyclic) bond motifs is 1. The number of pyridine rings is 1. The van der Waals surface area contributed by atoms with Crippen molar-refractivity contribution in [3.8, 4) is 5.75 Å². The van der Waals surface area contributed by atoms with Gasteiger partial charge in [0.2, 0.25) is 5.91 Å². The van der Waals surface area contributed by atoms with E-state index in [0.717, 1.165) is 69.0 Å². The van der Waals surface area contributed by atoms with E-state index in [1.807, 2.05) is 24.3 Å². The Labute approximate surface area is 187 Å². The molecule has 8 heteroatoms. The van der Waals surface area contributed by atoms with Crippen LogP contribution in [0.4, 0.5) is 11.5 Å². The van der Waals surface area contributed by atoms with E-state index in [-0.39, 0.29) is 5.91 Å². The van der Waals surface area contributed by atoms with E-state index in [1.165, 1.54) is 0 Å². The first kappa shape index (κ1) is 21.2. The molecule has 6 nitrogen and oxygen atoms in total. The molecule has 0 spiro atoms. The van der Waals surface area contributed by atoms with Gasteiger partial charge in [-0.3, -0.25) is 9.69 Å². The van der Waals surface area contributed by atoms with Crippen LogP contribution in [-0.4, -0.2) is 55.1 Å². The minimum atomic E-state index is 0.0279. The molecule has 1 N–H and O–H groups in total. The van der Waals surface area contributed by atoms with Gasteiger partial charge < -0.3 is 15.0 Å². The van der Waals surface area contributed by atoms with Crippen molar-refractivity contribution in [2.45, 2.75) is 25.7 Å². The summed E-state index contributed by atoms with van der Waals surface area (Å²) in [5, 5.41) is 4.04. The summed E-state index contributed by atoms with van der Waals surface area (Å²) in [5.74, 6) is 1.47. The monoisotopic (exact) mass is 448 g/mol. The second-order valence-corrected chi connectivity index (χ2v) is 8.47. The van der Waals surface area contributed by atoms with Crippen LogP contribution in [0.25, 0.3) is 0 Å². The zero-order valence-corrected chi connectivity index (χ0v) is 18.4. The molecule has 1 saturated heterocycles. The van der Waals surface area contributed by atoms with Crippen LogP contribution in [0, 0.1) is 0 Å². The largest absolute Gasteiger partial charge is 0.492 e. The summed E-state index contributed by atoms with van der Waals surface area (Å²) in [4.78, 5) is 20.5. The van der Waals surface area contributed by atoms with Gasteiger partial charge in [-0.05, 0) is 49.6 Å². The number of rotatable bonds is 7. The summed E-state index contributed by atoms with van der Waals surface area (Å²) in [6.07, 6.45) is 5.00. The highest BCUT2D eigenvalue weighted by atomic mass is 35.5. The van der Waals surface area contributed by atoms with E-state index in [9.17, 15) is 4.79 Å². The number of amides is 1. The lowest BCUT2D eigenvalue weighted by Gasteiger charge is -2.36. The third-order valence-corrected chi connectivity index (χ3v) is 6.41. The van der Waals surface area contributed by atoms with Gasteiger partial charge in [0.05, 0.1) is 28.5 Å². The van der Waals surface area contributed by atoms with Crippen molar-refractivity contribution in [1.29, 1.82) is 0 Å². The normalized spacial score (nSPS) is 16.9. The number of halogens is 2. The van der Waals surface area contributed by atoms with Crippen LogP contribution in [-0.2, 0) is 11.2 Å². The van der Waals surface area contributed by atoms with Gasteiger partial charge in [0.1, 0.15) is 11.6 Å². The molecule has 0 bridgehead atoms. The molecule has 1 amide bonds. The molecule has 2 aliphatic rings. The fourth-order valence-corrected chi connectivity index (χ4v) is 4.30. The first-order valence-corrected chi connectivity index (χ1v) is 11.2. The van der Waals surface area contributed by atoms with Gasteiger partial charge in [-0.1, -0.05) is 29.3 Å². The predicted molar refractivity (Wildman–Crippen MR) is 121 cm³/mol. The summed E-state index contributed by atoms with van der Waals surface area (Å²) < 4.78 is 5.86. The lowest BCUT2D eigenvalue weighted by atomic mass is 10.1. The molecule has 4 rings (SSSR count). The number of carbonyl (C=O) groups is 1. The van der Waals surface area contributed by atoms with Gasteiger partial charge in [-0.2, -0.15) is 0 Å². The molecule has 1 aromatic carbocycles. The zero-order valence-electron chi connectivity index (χ0n) is 16.9. The van der Waals surface area contributed by atoms with E-state index in [1.54, 1.807) is 6.20 Å². The molecular weight excluding hydrogens is 423 g/mol. The smallest absolute Gasteiger partial charge is 0.225 e. The molecule has 30 heavy (non-hydrogen) atoms. The van der Waals surface area contributed by atoms with Crippen LogP contribution >= 0.6 is 23.2 Å². The Morgan fingerprint density at radius 3 is 2.77 bits per heavy atom. The van der Waals surface area contributed by atoms with Crippen molar-refractivity contribution < 1.29 is 9.53 Å². The Hall–Kier alpha value is -2.02. The number of anilines is 2. The van der Waals surface area contributed by atoms with Crippen LogP contribution in [0.2, 0.25) is 10.0 Å². The molecule has 3 heterocycles. The molecular formula is C22H26Cl2N4O2. The summed E-state index contributed by atoms with van der Waals surface area (Å²) in [5.41, 5.74) is 2.07. The average Bonchev–Trinajstić information content (AvgIpc) is 2.76. The van der Waals surface area contributed by atoms with Crippen molar-refractivity contribution in [2.75, 3.05) is 49.5 Å². The minimum absolute atomic E-state index is 0.0279. The fraction of sp³-hybridized carbons (Fsp3) is 0.455. The summed E-state index contributed by atoms with van der Waals surface area (Å²) >= 11 is 12.5. The second kappa shape index (κ2) is 9.86. The lowest BCUT2D eigenvalue weighted by Crippen LogP contribution is -2.46. The maximum absolute atomic E-state index is 11.4. The molecule has 0 unspecified atom stereocenters. The van der Waals surface area contributed by atoms with E-state index >= 15 is 0 Å². The van der Waals surface area contributed by atoms with Crippen molar-refractivity contribution in [1.82, 2.24) is 9.88 Å². The maximum Gasteiger partial charge on any atom is 0.225 e. The number of hydrogen-bond donors (Lipinski definition) is 1. The van der Waals surface area contributed by atoms with Gasteiger partial charge in [0, 0.05) is 32.6 Å². The minimum Gasteiger partial charge on any atom is -0.492 e. The van der Waals surface area contributed by atoms with Crippen LogP contribution in [0.3, 0.4) is 0 Å². The molecule has 160 valence electrons. The first-order valence-electron chi connectivity index (χ1n) is 10.4. The summed E-state index contributed by atoms with van der Waals surface area (Å²) in [6.45, 7) is 5.68. The molecule has 0 aliphatic carbocycles. The van der Waals surface area contributed by atoms with E-state index in [2.05, 4.69) is 20.1 Å². The first-order chi connectivity index (χ1) is 14.6. The quantitative estimate of drug-likeness (QED) is 0.641. The molecule has 2 aromatic rings. The number of unbranched alkanes of at least 4 members (excludes halogenated alkanes) is 1. The summed E-state index contributed by atoms with van der Waals surface area (Å²) in [7, 11) is 0. The van der Waals surface area contributed by atoms with Crippen molar-refractivity contribution in [2.24, 2.45) is 0 Å². The van der Waals surface area contributed by atoms with Crippen molar-refractivity contribution >= 4 is 40.6 Å². The number of aryl methyl sites for hydroxylation is 1. The van der Waals surface area contributed by atoms with Crippen molar-refractivity contribution in [3.63, 3.8) is 0 Å². The van der Waals surface area contributed by atoms with Gasteiger partial charge in [-0.15, -0.1) is 0 Å². The second-order valence-electron chi connectivity index (χ2n) is 7.68. The number of piperazine rings is 1. The Balaban J connectivity index is 1.15. The molecule has 0 saturated carbocycles. The highest BCUT2D eigenvalue weighted by molar-refractivity contribution is 6.43. The Bertz CT molecular complexity index is 901. The Kier molecular flexibility index (Phi) is 6.97. The third kappa shape index (κ3) is 5.17. The summed E-state index contributed by atoms with van der Waals surface area (Å²) in [6, 6.07) is 7.79. The number of aromatic nitrogens is 1. The maximum atomic E-state index is 11.4. The zero-order chi connectivity index (χ0) is 20.9. The van der Waals surface area contributed by atoms with E-state index in [0.29, 0.717) is 28.9 Å². The fourth-order valence-electron chi connectivity index (χ4n) is 3.89. The Morgan fingerprint density at radius 1 is 1.10 bits per heavy atom. The van der Waals surface area contributed by atoms with Crippen LogP contribution in [0.15, 0.2) is 30.5 Å². The van der Waals surface area contributed by atoms with Crippen LogP contribution < -0.4 is 15.0 Å². The number of ether oxygens (including phenoxy) is 1. The number of carbonyl (C=O) groups excluding carboxylic acids is 1.